The van der Waals surface area contributed by atoms with E-state index >= 15 is 0 Å². The van der Waals surface area contributed by atoms with Gasteiger partial charge in [0.1, 0.15) is 6.07 Å². The van der Waals surface area contributed by atoms with Crippen LogP contribution in [0.25, 0.3) is 0 Å². The smallest absolute Gasteiger partial charge is 0.293 e. The lowest BCUT2D eigenvalue weighted by molar-refractivity contribution is 0.0996. The van der Waals surface area contributed by atoms with Gasteiger partial charge in [0.05, 0.1) is 16.9 Å². The number of hydrogen-bond acceptors (Lipinski definition) is 4. The molecule has 0 aliphatic rings. The number of oxazole rings is 1. The zero-order valence-electron chi connectivity index (χ0n) is 9.10. The molecule has 0 saturated carbocycles. The molecule has 0 saturated heterocycles. The molecule has 1 N–H and O–H groups in total. The largest absolute Gasteiger partial charge is 0.438 e. The van der Waals surface area contributed by atoms with Crippen molar-refractivity contribution in [2.75, 3.05) is 5.32 Å². The summed E-state index contributed by atoms with van der Waals surface area (Å²) in [6.45, 7) is 1.68. The van der Waals surface area contributed by atoms with Crippen LogP contribution in [0.2, 0.25) is 0 Å². The second-order valence-electron chi connectivity index (χ2n) is 3.38. The van der Waals surface area contributed by atoms with Crippen LogP contribution in [-0.4, -0.2) is 10.9 Å². The van der Waals surface area contributed by atoms with E-state index < -0.39 is 5.91 Å². The highest BCUT2D eigenvalue weighted by Gasteiger charge is 2.15. The van der Waals surface area contributed by atoms with Gasteiger partial charge in [0.25, 0.3) is 5.91 Å². The summed E-state index contributed by atoms with van der Waals surface area (Å²) in [5, 5.41) is 11.5. The highest BCUT2D eigenvalue weighted by molar-refractivity contribution is 6.03. The molecule has 0 aliphatic heterocycles. The fourth-order valence-electron chi connectivity index (χ4n) is 1.39. The van der Waals surface area contributed by atoms with Crippen molar-refractivity contribution in [1.82, 2.24) is 4.98 Å². The lowest BCUT2D eigenvalue weighted by Gasteiger charge is -2.04. The van der Waals surface area contributed by atoms with E-state index in [2.05, 4.69) is 10.3 Å². The van der Waals surface area contributed by atoms with Gasteiger partial charge in [-0.15, -0.1) is 0 Å². The van der Waals surface area contributed by atoms with Crippen LogP contribution in [0, 0.1) is 18.3 Å². The van der Waals surface area contributed by atoms with Gasteiger partial charge in [-0.05, 0) is 19.1 Å². The Morgan fingerprint density at radius 2 is 2.24 bits per heavy atom. The molecule has 1 amide bonds. The van der Waals surface area contributed by atoms with Crippen LogP contribution in [-0.2, 0) is 0 Å². The third kappa shape index (κ3) is 2.16. The zero-order valence-corrected chi connectivity index (χ0v) is 9.10. The number of carbonyl (C=O) groups is 1. The maximum absolute atomic E-state index is 11.8. The summed E-state index contributed by atoms with van der Waals surface area (Å²) < 4.78 is 4.97. The third-order valence-electron chi connectivity index (χ3n) is 2.25. The normalized spacial score (nSPS) is 9.65. The van der Waals surface area contributed by atoms with Crippen molar-refractivity contribution in [2.24, 2.45) is 0 Å². The molecule has 0 unspecified atom stereocenters. The first-order valence-electron chi connectivity index (χ1n) is 4.93. The lowest BCUT2D eigenvalue weighted by Crippen LogP contribution is -2.13. The number of benzene rings is 1. The third-order valence-corrected chi connectivity index (χ3v) is 2.25. The SMILES string of the molecule is Cc1ncoc1C(=O)Nc1ccccc1C#N. The minimum atomic E-state index is -0.414. The van der Waals surface area contributed by atoms with E-state index in [1.165, 1.54) is 6.39 Å². The van der Waals surface area contributed by atoms with Crippen LogP contribution in [0.5, 0.6) is 0 Å². The van der Waals surface area contributed by atoms with E-state index in [0.717, 1.165) is 0 Å². The quantitative estimate of drug-likeness (QED) is 0.852. The fraction of sp³-hybridized carbons (Fsp3) is 0.0833. The molecule has 0 spiro atoms. The molecule has 1 aromatic heterocycles. The summed E-state index contributed by atoms with van der Waals surface area (Å²) >= 11 is 0. The number of rotatable bonds is 2. The molecule has 1 heterocycles. The first kappa shape index (κ1) is 10.9. The van der Waals surface area contributed by atoms with E-state index in [0.29, 0.717) is 16.9 Å². The van der Waals surface area contributed by atoms with Gasteiger partial charge in [-0.1, -0.05) is 12.1 Å². The molecular formula is C12H9N3O2. The second-order valence-corrected chi connectivity index (χ2v) is 3.38. The van der Waals surface area contributed by atoms with E-state index in [1.807, 2.05) is 6.07 Å². The van der Waals surface area contributed by atoms with Crippen molar-refractivity contribution < 1.29 is 9.21 Å². The number of hydrogen-bond donors (Lipinski definition) is 1. The minimum absolute atomic E-state index is 0.151. The fourth-order valence-corrected chi connectivity index (χ4v) is 1.39. The summed E-state index contributed by atoms with van der Waals surface area (Å²) in [4.78, 5) is 15.6. The number of nitriles is 1. The summed E-state index contributed by atoms with van der Waals surface area (Å²) in [7, 11) is 0. The van der Waals surface area contributed by atoms with E-state index in [-0.39, 0.29) is 5.76 Å². The number of anilines is 1. The van der Waals surface area contributed by atoms with Crippen LogP contribution in [0.4, 0.5) is 5.69 Å². The van der Waals surface area contributed by atoms with E-state index in [4.69, 9.17) is 9.68 Å². The molecule has 2 rings (SSSR count). The van der Waals surface area contributed by atoms with Crippen molar-refractivity contribution in [1.29, 1.82) is 5.26 Å². The van der Waals surface area contributed by atoms with Crippen molar-refractivity contribution >= 4 is 11.6 Å². The highest BCUT2D eigenvalue weighted by Crippen LogP contribution is 2.15. The number of aryl methyl sites for hydroxylation is 1. The van der Waals surface area contributed by atoms with Gasteiger partial charge in [0.15, 0.2) is 6.39 Å². The molecule has 0 radical (unpaired) electrons. The molecule has 1 aromatic carbocycles. The topological polar surface area (TPSA) is 78.9 Å². The van der Waals surface area contributed by atoms with Crippen LogP contribution >= 0.6 is 0 Å². The minimum Gasteiger partial charge on any atom is -0.438 e. The number of amides is 1. The molecule has 17 heavy (non-hydrogen) atoms. The van der Waals surface area contributed by atoms with Gasteiger partial charge in [0.2, 0.25) is 5.76 Å². The number of nitrogens with one attached hydrogen (secondary N) is 1. The van der Waals surface area contributed by atoms with Crippen molar-refractivity contribution in [3.05, 3.63) is 47.7 Å². The van der Waals surface area contributed by atoms with Gasteiger partial charge < -0.3 is 9.73 Å². The number of aromatic nitrogens is 1. The van der Waals surface area contributed by atoms with Crippen LogP contribution in [0.1, 0.15) is 21.8 Å². The molecule has 2 aromatic rings. The van der Waals surface area contributed by atoms with Gasteiger partial charge in [-0.3, -0.25) is 4.79 Å². The van der Waals surface area contributed by atoms with Gasteiger partial charge >= 0.3 is 0 Å². The Bertz CT molecular complexity index is 596. The highest BCUT2D eigenvalue weighted by atomic mass is 16.3. The first-order chi connectivity index (χ1) is 8.22. The van der Waals surface area contributed by atoms with Gasteiger partial charge in [-0.25, -0.2) is 4.98 Å². The average Bonchev–Trinajstić information content (AvgIpc) is 2.76. The second kappa shape index (κ2) is 4.49. The molecular weight excluding hydrogens is 218 g/mol. The average molecular weight is 227 g/mol. The Balaban J connectivity index is 2.26. The monoisotopic (exact) mass is 227 g/mol. The Hall–Kier alpha value is -2.61. The molecule has 5 nitrogen and oxygen atoms in total. The summed E-state index contributed by atoms with van der Waals surface area (Å²) in [5.74, 6) is -0.263. The molecule has 84 valence electrons. The predicted molar refractivity (Wildman–Crippen MR) is 60.4 cm³/mol. The summed E-state index contributed by atoms with van der Waals surface area (Å²) in [5.41, 5.74) is 1.37. The zero-order chi connectivity index (χ0) is 12.3. The van der Waals surface area contributed by atoms with Gasteiger partial charge in [-0.2, -0.15) is 5.26 Å². The Kier molecular flexibility index (Phi) is 2.88. The molecule has 0 bridgehead atoms. The summed E-state index contributed by atoms with van der Waals surface area (Å²) in [6.07, 6.45) is 1.21. The molecule has 5 heteroatoms. The molecule has 0 aliphatic carbocycles. The van der Waals surface area contributed by atoms with Gasteiger partial charge in [0, 0.05) is 0 Å². The number of carbonyl (C=O) groups excluding carboxylic acids is 1. The first-order valence-corrected chi connectivity index (χ1v) is 4.93. The van der Waals surface area contributed by atoms with Crippen LogP contribution in [0.3, 0.4) is 0 Å². The van der Waals surface area contributed by atoms with Crippen LogP contribution in [0.15, 0.2) is 35.1 Å². The summed E-state index contributed by atoms with van der Waals surface area (Å²) in [6, 6.07) is 8.75. The van der Waals surface area contributed by atoms with Crippen molar-refractivity contribution in [3.8, 4) is 6.07 Å². The van der Waals surface area contributed by atoms with Crippen LogP contribution < -0.4 is 5.32 Å². The maximum Gasteiger partial charge on any atom is 0.293 e. The molecule has 0 atom stereocenters. The van der Waals surface area contributed by atoms with Crippen molar-refractivity contribution in [2.45, 2.75) is 6.92 Å². The Morgan fingerprint density at radius 1 is 1.47 bits per heavy atom. The number of para-hydroxylation sites is 1. The maximum atomic E-state index is 11.8. The van der Waals surface area contributed by atoms with Crippen molar-refractivity contribution in [3.63, 3.8) is 0 Å². The number of nitrogens with zero attached hydrogens (tertiary/aromatic N) is 2. The van der Waals surface area contributed by atoms with E-state index in [9.17, 15) is 4.79 Å². The molecule has 0 fully saturated rings. The standard InChI is InChI=1S/C12H9N3O2/c1-8-11(17-7-14-8)12(16)15-10-5-3-2-4-9(10)6-13/h2-5,7H,1H3,(H,15,16). The Morgan fingerprint density at radius 3 is 2.88 bits per heavy atom. The Labute approximate surface area is 97.7 Å². The predicted octanol–water partition coefficient (Wildman–Crippen LogP) is 2.11. The lowest BCUT2D eigenvalue weighted by atomic mass is 10.2. The van der Waals surface area contributed by atoms with E-state index in [1.54, 1.807) is 31.2 Å².